The fraction of sp³-hybridized carbons (Fsp3) is 0.389. The molecule has 0 unspecified atom stereocenters. The quantitative estimate of drug-likeness (QED) is 0.133. The zero-order valence-corrected chi connectivity index (χ0v) is 26.3. The Morgan fingerprint density at radius 2 is 0.975 bits per heavy atom. The van der Waals surface area contributed by atoms with Crippen LogP contribution in [0.3, 0.4) is 0 Å². The summed E-state index contributed by atoms with van der Waals surface area (Å²) in [4.78, 5) is 15.3. The van der Waals surface area contributed by atoms with Gasteiger partial charge in [0.2, 0.25) is 0 Å². The van der Waals surface area contributed by atoms with Crippen molar-refractivity contribution in [2.24, 2.45) is 0 Å². The number of aryl methyl sites for hydroxylation is 4. The van der Waals surface area contributed by atoms with Crippen molar-refractivity contribution in [2.45, 2.75) is 91.9 Å². The molecule has 0 aliphatic rings. The van der Waals surface area contributed by atoms with Crippen LogP contribution in [0.25, 0.3) is 35.4 Å². The van der Waals surface area contributed by atoms with Gasteiger partial charge in [-0.25, -0.2) is 0 Å². The van der Waals surface area contributed by atoms with Gasteiger partial charge in [-0.3, -0.25) is 9.97 Å². The highest BCUT2D eigenvalue weighted by atomic mass is 32.1. The Balaban J connectivity index is 1.36. The van der Waals surface area contributed by atoms with Crippen molar-refractivity contribution in [2.75, 3.05) is 0 Å². The Morgan fingerprint density at radius 3 is 1.38 bits per heavy atom. The lowest BCUT2D eigenvalue weighted by Crippen LogP contribution is -1.95. The first-order valence-corrected chi connectivity index (χ1v) is 16.7. The molecule has 4 rings (SSSR count). The van der Waals surface area contributed by atoms with Gasteiger partial charge in [0.25, 0.3) is 0 Å². The Bertz CT molecular complexity index is 1300. The van der Waals surface area contributed by atoms with Crippen LogP contribution in [-0.4, -0.2) is 9.97 Å². The molecule has 0 amide bonds. The molecule has 0 aromatic carbocycles. The Kier molecular flexibility index (Phi) is 11.9. The monoisotopic (exact) mass is 568 g/mol. The van der Waals surface area contributed by atoms with Crippen LogP contribution in [-0.2, 0) is 12.8 Å². The first-order chi connectivity index (χ1) is 19.6. The van der Waals surface area contributed by atoms with E-state index in [4.69, 9.17) is 9.97 Å². The van der Waals surface area contributed by atoms with Gasteiger partial charge in [0.1, 0.15) is 0 Å². The first-order valence-electron chi connectivity index (χ1n) is 15.0. The number of nitrogens with zero attached hydrogens (tertiary/aromatic N) is 2. The largest absolute Gasteiger partial charge is 0.253 e. The second kappa shape index (κ2) is 15.8. The van der Waals surface area contributed by atoms with E-state index in [0.717, 1.165) is 33.9 Å². The Morgan fingerprint density at radius 1 is 0.525 bits per heavy atom. The van der Waals surface area contributed by atoms with Gasteiger partial charge >= 0.3 is 0 Å². The van der Waals surface area contributed by atoms with Crippen molar-refractivity contribution in [3.05, 3.63) is 90.8 Å². The van der Waals surface area contributed by atoms with E-state index >= 15 is 0 Å². The summed E-state index contributed by atoms with van der Waals surface area (Å²) in [6.07, 6.45) is 21.5. The third-order valence-corrected chi connectivity index (χ3v) is 9.48. The molecule has 0 atom stereocenters. The van der Waals surface area contributed by atoms with Crippen LogP contribution < -0.4 is 0 Å². The second-order valence-corrected chi connectivity index (χ2v) is 13.0. The minimum atomic E-state index is 0.991. The first kappa shape index (κ1) is 30.1. The van der Waals surface area contributed by atoms with E-state index in [1.165, 1.54) is 83.7 Å². The van der Waals surface area contributed by atoms with Crippen molar-refractivity contribution in [1.29, 1.82) is 0 Å². The maximum absolute atomic E-state index is 4.89. The van der Waals surface area contributed by atoms with Crippen molar-refractivity contribution < 1.29 is 0 Å². The Labute approximate surface area is 250 Å². The van der Waals surface area contributed by atoms with Crippen LogP contribution in [0.4, 0.5) is 0 Å². The third kappa shape index (κ3) is 9.11. The SMILES string of the molecule is CCCCCCc1ccc(/C=C/c2ccc(-c3ccc(/C=C/c4ccc(CCCCCC)s4)nc3C)c(C)n2)s1. The molecule has 4 aromatic heterocycles. The van der Waals surface area contributed by atoms with Gasteiger partial charge in [-0.05, 0) is 100 Å². The number of hydrogen-bond donors (Lipinski definition) is 0. The molecule has 0 saturated carbocycles. The molecule has 0 N–H and O–H groups in total. The molecule has 2 nitrogen and oxygen atoms in total. The zero-order valence-electron chi connectivity index (χ0n) is 24.7. The molecule has 0 saturated heterocycles. The third-order valence-electron chi connectivity index (χ3n) is 7.26. The fourth-order valence-electron chi connectivity index (χ4n) is 4.94. The predicted molar refractivity (Wildman–Crippen MR) is 179 cm³/mol. The normalized spacial score (nSPS) is 11.8. The topological polar surface area (TPSA) is 25.8 Å². The van der Waals surface area contributed by atoms with E-state index < -0.39 is 0 Å². The zero-order chi connectivity index (χ0) is 28.2. The average Bonchev–Trinajstić information content (AvgIpc) is 3.61. The molecular formula is C36H44N2S2. The van der Waals surface area contributed by atoms with Gasteiger partial charge in [0.15, 0.2) is 0 Å². The lowest BCUT2D eigenvalue weighted by Gasteiger charge is -2.10. The number of unbranched alkanes of at least 4 members (excludes halogenated alkanes) is 6. The molecular weight excluding hydrogens is 525 g/mol. The fourth-order valence-corrected chi connectivity index (χ4v) is 6.85. The summed E-state index contributed by atoms with van der Waals surface area (Å²) in [5.41, 5.74) is 6.34. The standard InChI is InChI=1S/C36H44N2S2/c1-5-7-9-11-13-31-21-23-33(39-31)19-15-29-17-25-35(27(3)37-29)36-26-18-30(38-28(36)4)16-20-34-24-22-32(40-34)14-12-10-8-6-2/h15-26H,5-14H2,1-4H3/b19-15+,20-16+. The summed E-state index contributed by atoms with van der Waals surface area (Å²) in [5, 5.41) is 0. The van der Waals surface area contributed by atoms with Crippen LogP contribution in [0.1, 0.15) is 107 Å². The van der Waals surface area contributed by atoms with Crippen LogP contribution in [0.15, 0.2) is 48.5 Å². The molecule has 210 valence electrons. The van der Waals surface area contributed by atoms with Crippen LogP contribution in [0.2, 0.25) is 0 Å². The number of hydrogen-bond acceptors (Lipinski definition) is 4. The van der Waals surface area contributed by atoms with E-state index in [0.29, 0.717) is 0 Å². The van der Waals surface area contributed by atoms with E-state index in [-0.39, 0.29) is 0 Å². The average molecular weight is 569 g/mol. The molecule has 4 heterocycles. The van der Waals surface area contributed by atoms with Gasteiger partial charge in [-0.15, -0.1) is 22.7 Å². The summed E-state index contributed by atoms with van der Waals surface area (Å²) < 4.78 is 0. The van der Waals surface area contributed by atoms with Gasteiger partial charge < -0.3 is 0 Å². The molecule has 40 heavy (non-hydrogen) atoms. The number of aromatic nitrogens is 2. The molecule has 0 fully saturated rings. The molecule has 0 radical (unpaired) electrons. The number of thiophene rings is 2. The summed E-state index contributed by atoms with van der Waals surface area (Å²) in [6, 6.07) is 17.6. The Hall–Kier alpha value is -2.82. The minimum absolute atomic E-state index is 0.991. The van der Waals surface area contributed by atoms with Crippen LogP contribution >= 0.6 is 22.7 Å². The summed E-state index contributed by atoms with van der Waals surface area (Å²) in [5.74, 6) is 0. The minimum Gasteiger partial charge on any atom is -0.253 e. The molecule has 4 aromatic rings. The molecule has 0 aliphatic carbocycles. The maximum Gasteiger partial charge on any atom is 0.0633 e. The summed E-state index contributed by atoms with van der Waals surface area (Å²) >= 11 is 3.80. The van der Waals surface area contributed by atoms with Gasteiger partial charge in [-0.2, -0.15) is 0 Å². The van der Waals surface area contributed by atoms with E-state index in [9.17, 15) is 0 Å². The molecule has 0 aliphatic heterocycles. The van der Waals surface area contributed by atoms with Crippen molar-refractivity contribution in [3.63, 3.8) is 0 Å². The van der Waals surface area contributed by atoms with Crippen molar-refractivity contribution in [3.8, 4) is 11.1 Å². The maximum atomic E-state index is 4.89. The van der Waals surface area contributed by atoms with E-state index in [2.05, 4.69) is 101 Å². The predicted octanol–water partition coefficient (Wildman–Crippen LogP) is 11.5. The van der Waals surface area contributed by atoms with Gasteiger partial charge in [-0.1, -0.05) is 64.5 Å². The molecule has 4 heteroatoms. The van der Waals surface area contributed by atoms with Gasteiger partial charge in [0.05, 0.1) is 11.4 Å². The summed E-state index contributed by atoms with van der Waals surface area (Å²) in [6.45, 7) is 8.71. The lowest BCUT2D eigenvalue weighted by atomic mass is 10.0. The number of pyridine rings is 2. The lowest BCUT2D eigenvalue weighted by molar-refractivity contribution is 0.670. The van der Waals surface area contributed by atoms with Crippen molar-refractivity contribution in [1.82, 2.24) is 9.97 Å². The highest BCUT2D eigenvalue weighted by Crippen LogP contribution is 2.27. The van der Waals surface area contributed by atoms with Crippen molar-refractivity contribution >= 4 is 47.0 Å². The van der Waals surface area contributed by atoms with E-state index in [1.54, 1.807) is 0 Å². The summed E-state index contributed by atoms with van der Waals surface area (Å²) in [7, 11) is 0. The van der Waals surface area contributed by atoms with Gasteiger partial charge in [0, 0.05) is 42.0 Å². The second-order valence-electron chi connectivity index (χ2n) is 10.6. The highest BCUT2D eigenvalue weighted by molar-refractivity contribution is 7.13. The van der Waals surface area contributed by atoms with Crippen LogP contribution in [0.5, 0.6) is 0 Å². The molecule has 0 spiro atoms. The molecule has 0 bridgehead atoms. The van der Waals surface area contributed by atoms with E-state index in [1.807, 2.05) is 22.7 Å². The number of rotatable bonds is 15. The highest BCUT2D eigenvalue weighted by Gasteiger charge is 2.09. The van der Waals surface area contributed by atoms with Crippen LogP contribution in [0, 0.1) is 13.8 Å². The smallest absolute Gasteiger partial charge is 0.0633 e.